The van der Waals surface area contributed by atoms with E-state index in [9.17, 15) is 8.42 Å². The second kappa shape index (κ2) is 8.39. The zero-order chi connectivity index (χ0) is 21.2. The number of ether oxygens (including phenoxy) is 1. The summed E-state index contributed by atoms with van der Waals surface area (Å²) in [5, 5.41) is 0. The van der Waals surface area contributed by atoms with E-state index in [0.717, 1.165) is 22.4 Å². The molecule has 154 valence electrons. The highest BCUT2D eigenvalue weighted by molar-refractivity contribution is 7.89. The minimum Gasteiger partial charge on any atom is -0.426 e. The van der Waals surface area contributed by atoms with Gasteiger partial charge in [0.15, 0.2) is 0 Å². The van der Waals surface area contributed by atoms with Crippen LogP contribution in [0.4, 0.5) is 0 Å². The van der Waals surface area contributed by atoms with Crippen LogP contribution in [0.1, 0.15) is 42.3 Å². The van der Waals surface area contributed by atoms with Crippen LogP contribution in [0.15, 0.2) is 53.6 Å². The molecule has 0 amide bonds. The van der Waals surface area contributed by atoms with Gasteiger partial charge >= 0.3 is 6.01 Å². The molecular formula is C22H27N3O3S. The van der Waals surface area contributed by atoms with Crippen LogP contribution >= 0.6 is 0 Å². The van der Waals surface area contributed by atoms with Gasteiger partial charge in [0.05, 0.1) is 22.8 Å². The first-order valence-electron chi connectivity index (χ1n) is 9.60. The zero-order valence-electron chi connectivity index (χ0n) is 17.4. The zero-order valence-corrected chi connectivity index (χ0v) is 18.2. The molecule has 3 rings (SSSR count). The molecule has 3 aromatic rings. The lowest BCUT2D eigenvalue weighted by Crippen LogP contribution is -2.28. The van der Waals surface area contributed by atoms with Crippen molar-refractivity contribution in [3.8, 4) is 11.8 Å². The molecule has 0 spiro atoms. The van der Waals surface area contributed by atoms with Gasteiger partial charge in [-0.1, -0.05) is 23.8 Å². The van der Waals surface area contributed by atoms with E-state index in [4.69, 9.17) is 4.74 Å². The molecule has 0 bridgehead atoms. The van der Waals surface area contributed by atoms with Crippen molar-refractivity contribution in [3.63, 3.8) is 0 Å². The fraction of sp³-hybridized carbons (Fsp3) is 0.318. The van der Waals surface area contributed by atoms with Crippen LogP contribution in [0, 0.1) is 20.8 Å². The SMILES string of the molecule is CCn1c(C(C)NS(=O)(=O)c2cc(C)cc(C)c2)cnc1Oc1ccc(C)cc1. The van der Waals surface area contributed by atoms with E-state index in [-0.39, 0.29) is 4.90 Å². The lowest BCUT2D eigenvalue weighted by Gasteiger charge is -2.17. The maximum Gasteiger partial charge on any atom is 0.302 e. The largest absolute Gasteiger partial charge is 0.426 e. The molecule has 6 nitrogen and oxygen atoms in total. The van der Waals surface area contributed by atoms with Crippen molar-refractivity contribution in [2.24, 2.45) is 0 Å². The molecule has 29 heavy (non-hydrogen) atoms. The van der Waals surface area contributed by atoms with Gasteiger partial charge in [0.25, 0.3) is 0 Å². The van der Waals surface area contributed by atoms with Gasteiger partial charge in [-0.2, -0.15) is 0 Å². The van der Waals surface area contributed by atoms with E-state index in [0.29, 0.717) is 18.3 Å². The normalized spacial score (nSPS) is 12.7. The first-order valence-corrected chi connectivity index (χ1v) is 11.1. The number of aromatic nitrogens is 2. The number of benzene rings is 2. The molecule has 1 aromatic heterocycles. The number of hydrogen-bond acceptors (Lipinski definition) is 4. The first kappa shape index (κ1) is 21.1. The van der Waals surface area contributed by atoms with Crippen molar-refractivity contribution >= 4 is 10.0 Å². The molecule has 1 N–H and O–H groups in total. The number of aryl methyl sites for hydroxylation is 3. The molecule has 0 aliphatic rings. The Bertz CT molecular complexity index is 1080. The third-order valence-corrected chi connectivity index (χ3v) is 6.20. The molecular weight excluding hydrogens is 386 g/mol. The number of nitrogens with one attached hydrogen (secondary N) is 1. The van der Waals surface area contributed by atoms with E-state index < -0.39 is 16.1 Å². The molecule has 1 atom stereocenters. The van der Waals surface area contributed by atoms with Gasteiger partial charge in [0.2, 0.25) is 10.0 Å². The highest BCUT2D eigenvalue weighted by Crippen LogP contribution is 2.26. The highest BCUT2D eigenvalue weighted by atomic mass is 32.2. The Labute approximate surface area is 172 Å². The summed E-state index contributed by atoms with van der Waals surface area (Å²) in [5.41, 5.74) is 3.70. The standard InChI is InChI=1S/C22H27N3O3S/c1-6-25-21(14-23-22(25)28-19-9-7-15(2)8-10-19)18(5)24-29(26,27)20-12-16(3)11-17(4)13-20/h7-14,18,24H,6H2,1-5H3. The summed E-state index contributed by atoms with van der Waals surface area (Å²) in [6.07, 6.45) is 1.65. The maximum atomic E-state index is 12.9. The van der Waals surface area contributed by atoms with E-state index in [1.54, 1.807) is 25.3 Å². The van der Waals surface area contributed by atoms with E-state index >= 15 is 0 Å². The van der Waals surface area contributed by atoms with Crippen molar-refractivity contribution in [1.29, 1.82) is 0 Å². The average Bonchev–Trinajstić information content (AvgIpc) is 3.05. The number of hydrogen-bond donors (Lipinski definition) is 1. The van der Waals surface area contributed by atoms with Crippen molar-refractivity contribution < 1.29 is 13.2 Å². The van der Waals surface area contributed by atoms with Gasteiger partial charge in [-0.3, -0.25) is 4.57 Å². The topological polar surface area (TPSA) is 73.2 Å². The predicted molar refractivity (Wildman–Crippen MR) is 114 cm³/mol. The number of rotatable bonds is 7. The van der Waals surface area contributed by atoms with E-state index in [1.165, 1.54) is 0 Å². The van der Waals surface area contributed by atoms with E-state index in [1.807, 2.05) is 62.6 Å². The van der Waals surface area contributed by atoms with Gasteiger partial charge in [0.1, 0.15) is 5.75 Å². The lowest BCUT2D eigenvalue weighted by molar-refractivity contribution is 0.408. The Hall–Kier alpha value is -2.64. The second-order valence-corrected chi connectivity index (χ2v) is 9.01. The van der Waals surface area contributed by atoms with Gasteiger partial charge in [0, 0.05) is 6.54 Å². The maximum absolute atomic E-state index is 12.9. The molecule has 7 heteroatoms. The van der Waals surface area contributed by atoms with Crippen molar-refractivity contribution in [2.45, 2.75) is 52.1 Å². The highest BCUT2D eigenvalue weighted by Gasteiger charge is 2.23. The molecule has 0 radical (unpaired) electrons. The third-order valence-electron chi connectivity index (χ3n) is 4.68. The Morgan fingerprint density at radius 1 is 1.03 bits per heavy atom. The van der Waals surface area contributed by atoms with Crippen LogP contribution in [0.25, 0.3) is 0 Å². The fourth-order valence-electron chi connectivity index (χ4n) is 3.28. The van der Waals surface area contributed by atoms with Crippen molar-refractivity contribution in [2.75, 3.05) is 0 Å². The number of sulfonamides is 1. The molecule has 2 aromatic carbocycles. The van der Waals surface area contributed by atoms with Gasteiger partial charge in [-0.25, -0.2) is 18.1 Å². The summed E-state index contributed by atoms with van der Waals surface area (Å²) in [6, 6.07) is 13.0. The summed E-state index contributed by atoms with van der Waals surface area (Å²) in [6.45, 7) is 10.2. The summed E-state index contributed by atoms with van der Waals surface area (Å²) < 4.78 is 36.3. The van der Waals surface area contributed by atoms with Gasteiger partial charge in [-0.05, 0) is 70.0 Å². The Kier molecular flexibility index (Phi) is 6.10. The third kappa shape index (κ3) is 4.86. The summed E-state index contributed by atoms with van der Waals surface area (Å²) >= 11 is 0. The van der Waals surface area contributed by atoms with E-state index in [2.05, 4.69) is 9.71 Å². The monoisotopic (exact) mass is 413 g/mol. The Balaban J connectivity index is 1.84. The van der Waals surface area contributed by atoms with Crippen molar-refractivity contribution in [3.05, 3.63) is 71.0 Å². The Morgan fingerprint density at radius 2 is 1.66 bits per heavy atom. The summed E-state index contributed by atoms with van der Waals surface area (Å²) in [7, 11) is -3.66. The van der Waals surface area contributed by atoms with Crippen LogP contribution in [-0.4, -0.2) is 18.0 Å². The second-order valence-electron chi connectivity index (χ2n) is 7.29. The van der Waals surface area contributed by atoms with Gasteiger partial charge < -0.3 is 4.74 Å². The average molecular weight is 414 g/mol. The minimum atomic E-state index is -3.66. The van der Waals surface area contributed by atoms with Crippen LogP contribution < -0.4 is 9.46 Å². The first-order chi connectivity index (χ1) is 13.7. The molecule has 0 aliphatic heterocycles. The van der Waals surface area contributed by atoms with Crippen LogP contribution in [-0.2, 0) is 16.6 Å². The number of imidazole rings is 1. The molecule has 0 saturated carbocycles. The van der Waals surface area contributed by atoms with Crippen molar-refractivity contribution in [1.82, 2.24) is 14.3 Å². The number of nitrogens with zero attached hydrogens (tertiary/aromatic N) is 2. The Morgan fingerprint density at radius 3 is 2.24 bits per heavy atom. The fourth-order valence-corrected chi connectivity index (χ4v) is 4.68. The molecule has 0 fully saturated rings. The molecule has 0 aliphatic carbocycles. The lowest BCUT2D eigenvalue weighted by atomic mass is 10.2. The van der Waals surface area contributed by atoms with Crippen LogP contribution in [0.2, 0.25) is 0 Å². The van der Waals surface area contributed by atoms with Crippen LogP contribution in [0.5, 0.6) is 11.8 Å². The molecule has 1 unspecified atom stereocenters. The van der Waals surface area contributed by atoms with Gasteiger partial charge in [-0.15, -0.1) is 0 Å². The summed E-state index contributed by atoms with van der Waals surface area (Å²) in [4.78, 5) is 4.63. The predicted octanol–water partition coefficient (Wildman–Crippen LogP) is 4.66. The molecule has 0 saturated heterocycles. The minimum absolute atomic E-state index is 0.264. The quantitative estimate of drug-likeness (QED) is 0.611. The smallest absolute Gasteiger partial charge is 0.302 e. The summed E-state index contributed by atoms with van der Waals surface area (Å²) in [5.74, 6) is 0.686. The molecule has 1 heterocycles. The van der Waals surface area contributed by atoms with Crippen LogP contribution in [0.3, 0.4) is 0 Å².